The second-order valence-corrected chi connectivity index (χ2v) is 5.41. The largest absolute Gasteiger partial charge is 0.293 e. The molecule has 2 nitrogen and oxygen atoms in total. The van der Waals surface area contributed by atoms with E-state index in [-0.39, 0.29) is 10.6 Å². The zero-order valence-corrected chi connectivity index (χ0v) is 9.10. The van der Waals surface area contributed by atoms with Crippen molar-refractivity contribution < 1.29 is 9.00 Å². The first-order valence-corrected chi connectivity index (χ1v) is 6.09. The number of carbonyl (C=O) groups excluding carboxylic acids is 1. The smallest absolute Gasteiger partial charge is 0.178 e. The molecule has 68 valence electrons. The molecule has 1 heterocycles. The summed E-state index contributed by atoms with van der Waals surface area (Å²) in [5.74, 6) is 0.422. The Morgan fingerprint density at radius 3 is 2.85 bits per heavy atom. The Morgan fingerprint density at radius 1 is 1.38 bits per heavy atom. The molecule has 0 spiro atoms. The predicted molar refractivity (Wildman–Crippen MR) is 54.8 cm³/mol. The lowest BCUT2D eigenvalue weighted by molar-refractivity contribution is 0.0991. The van der Waals surface area contributed by atoms with Gasteiger partial charge in [-0.3, -0.25) is 9.00 Å². The summed E-state index contributed by atoms with van der Waals surface area (Å²) in [7, 11) is -1.03. The molecule has 1 aromatic carbocycles. The van der Waals surface area contributed by atoms with Crippen molar-refractivity contribution in [2.24, 2.45) is 0 Å². The molecule has 13 heavy (non-hydrogen) atoms. The number of rotatable bonds is 0. The van der Waals surface area contributed by atoms with E-state index in [1.54, 1.807) is 24.3 Å². The van der Waals surface area contributed by atoms with E-state index >= 15 is 0 Å². The number of carbonyl (C=O) groups is 1. The van der Waals surface area contributed by atoms with E-state index in [1.165, 1.54) is 0 Å². The Bertz CT molecular complexity index is 389. The van der Waals surface area contributed by atoms with E-state index in [0.717, 1.165) is 0 Å². The molecule has 0 N–H and O–H groups in total. The number of halogens is 1. The van der Waals surface area contributed by atoms with E-state index in [9.17, 15) is 9.00 Å². The van der Waals surface area contributed by atoms with Crippen molar-refractivity contribution in [3.05, 3.63) is 29.8 Å². The minimum Gasteiger partial charge on any atom is -0.293 e. The molecule has 4 heteroatoms. The highest BCUT2D eigenvalue weighted by molar-refractivity contribution is 9.10. The molecular formula is C9H7BrO2S. The summed E-state index contributed by atoms with van der Waals surface area (Å²) in [6.07, 6.45) is 0. The molecule has 0 saturated heterocycles. The van der Waals surface area contributed by atoms with Gasteiger partial charge < -0.3 is 0 Å². The Morgan fingerprint density at radius 2 is 2.08 bits per heavy atom. The summed E-state index contributed by atoms with van der Waals surface area (Å²) >= 11 is 3.22. The van der Waals surface area contributed by atoms with Gasteiger partial charge in [-0.05, 0) is 6.07 Å². The summed E-state index contributed by atoms with van der Waals surface area (Å²) in [4.78, 5) is 12.0. The lowest BCUT2D eigenvalue weighted by Crippen LogP contribution is -2.28. The van der Waals surface area contributed by atoms with Gasteiger partial charge in [0.25, 0.3) is 0 Å². The van der Waals surface area contributed by atoms with Crippen LogP contribution in [0.5, 0.6) is 0 Å². The first-order chi connectivity index (χ1) is 6.20. The quantitative estimate of drug-likeness (QED) is 0.665. The molecule has 0 saturated carbocycles. The maximum Gasteiger partial charge on any atom is 0.178 e. The fourth-order valence-electron chi connectivity index (χ4n) is 1.34. The van der Waals surface area contributed by atoms with Crippen LogP contribution in [0.25, 0.3) is 0 Å². The van der Waals surface area contributed by atoms with Gasteiger partial charge in [-0.2, -0.15) is 0 Å². The Labute approximate surface area is 86.9 Å². The van der Waals surface area contributed by atoms with Crippen molar-refractivity contribution in [2.45, 2.75) is 9.72 Å². The topological polar surface area (TPSA) is 34.1 Å². The van der Waals surface area contributed by atoms with Crippen LogP contribution in [0, 0.1) is 0 Å². The maximum absolute atomic E-state index is 11.6. The second kappa shape index (κ2) is 3.35. The summed E-state index contributed by atoms with van der Waals surface area (Å²) in [6.45, 7) is 0. The number of ketones is 1. The number of alkyl halides is 1. The van der Waals surface area contributed by atoms with Gasteiger partial charge in [0, 0.05) is 16.2 Å². The van der Waals surface area contributed by atoms with Crippen molar-refractivity contribution in [1.29, 1.82) is 0 Å². The van der Waals surface area contributed by atoms with Crippen LogP contribution < -0.4 is 0 Å². The third-order valence-electron chi connectivity index (χ3n) is 1.98. The highest BCUT2D eigenvalue weighted by Gasteiger charge is 2.29. The third kappa shape index (κ3) is 1.48. The summed E-state index contributed by atoms with van der Waals surface area (Å²) in [6, 6.07) is 7.07. The highest BCUT2D eigenvalue weighted by Crippen LogP contribution is 2.25. The highest BCUT2D eigenvalue weighted by atomic mass is 79.9. The molecule has 1 aliphatic rings. The molecule has 0 unspecified atom stereocenters. The number of benzene rings is 1. The van der Waals surface area contributed by atoms with Gasteiger partial charge in [0.2, 0.25) is 0 Å². The van der Waals surface area contributed by atoms with Crippen LogP contribution >= 0.6 is 15.9 Å². The molecule has 1 aromatic rings. The van der Waals surface area contributed by atoms with Gasteiger partial charge in [-0.25, -0.2) is 0 Å². The first kappa shape index (κ1) is 9.09. The van der Waals surface area contributed by atoms with Crippen LogP contribution in [0.2, 0.25) is 0 Å². The van der Waals surface area contributed by atoms with Crippen molar-refractivity contribution >= 4 is 32.5 Å². The Kier molecular flexibility index (Phi) is 2.34. The summed E-state index contributed by atoms with van der Waals surface area (Å²) in [5.41, 5.74) is 0.592. The lowest BCUT2D eigenvalue weighted by atomic mass is 10.1. The number of Topliss-reactive ketones (excluding diaryl/α,β-unsaturated/α-hetero) is 1. The summed E-state index contributed by atoms with van der Waals surface area (Å²) < 4.78 is 11.6. The zero-order valence-electron chi connectivity index (χ0n) is 6.70. The van der Waals surface area contributed by atoms with Crippen molar-refractivity contribution in [2.75, 3.05) is 5.75 Å². The Hall–Kier alpha value is -0.480. The molecule has 0 aliphatic carbocycles. The molecule has 2 rings (SSSR count). The van der Waals surface area contributed by atoms with Crippen LogP contribution in [0.15, 0.2) is 29.2 Å². The van der Waals surface area contributed by atoms with Gasteiger partial charge in [-0.15, -0.1) is 0 Å². The molecule has 0 aromatic heterocycles. The van der Waals surface area contributed by atoms with Gasteiger partial charge in [0.05, 0.1) is 15.6 Å². The van der Waals surface area contributed by atoms with Crippen LogP contribution in [0.4, 0.5) is 0 Å². The molecule has 0 radical (unpaired) electrons. The van der Waals surface area contributed by atoms with Crippen molar-refractivity contribution in [3.8, 4) is 0 Å². The van der Waals surface area contributed by atoms with Crippen LogP contribution in [0.1, 0.15) is 10.4 Å². The third-order valence-corrected chi connectivity index (χ3v) is 4.63. The maximum atomic E-state index is 11.6. The van der Waals surface area contributed by atoms with Crippen molar-refractivity contribution in [3.63, 3.8) is 0 Å². The molecule has 0 fully saturated rings. The van der Waals surface area contributed by atoms with Crippen LogP contribution in [0.3, 0.4) is 0 Å². The standard InChI is InChI=1S/C9H7BrO2S/c10-7-5-13(12)8-4-2-1-3-6(8)9(7)11/h1-4,7H,5H2/t7-,13+/m0/s1. The molecule has 2 atom stereocenters. The van der Waals surface area contributed by atoms with Gasteiger partial charge in [0.15, 0.2) is 5.78 Å². The van der Waals surface area contributed by atoms with E-state index < -0.39 is 10.8 Å². The van der Waals surface area contributed by atoms with Gasteiger partial charge >= 0.3 is 0 Å². The van der Waals surface area contributed by atoms with E-state index in [4.69, 9.17) is 0 Å². The van der Waals surface area contributed by atoms with Crippen LogP contribution in [-0.2, 0) is 10.8 Å². The zero-order chi connectivity index (χ0) is 9.42. The number of fused-ring (bicyclic) bond motifs is 1. The first-order valence-electron chi connectivity index (χ1n) is 3.86. The molecule has 0 bridgehead atoms. The lowest BCUT2D eigenvalue weighted by Gasteiger charge is -2.17. The minimum atomic E-state index is -1.03. The molecule has 0 amide bonds. The van der Waals surface area contributed by atoms with E-state index in [1.807, 2.05) is 0 Å². The van der Waals surface area contributed by atoms with E-state index in [0.29, 0.717) is 16.2 Å². The average Bonchev–Trinajstić information content (AvgIpc) is 2.15. The minimum absolute atomic E-state index is 0.0372. The molecular weight excluding hydrogens is 252 g/mol. The second-order valence-electron chi connectivity index (χ2n) is 2.84. The SMILES string of the molecule is O=C1c2ccccc2[S@](=O)C[C@@H]1Br. The van der Waals surface area contributed by atoms with Gasteiger partial charge in [0.1, 0.15) is 0 Å². The molecule has 1 aliphatic heterocycles. The summed E-state index contributed by atoms with van der Waals surface area (Å²) in [5, 5.41) is 0. The number of hydrogen-bond donors (Lipinski definition) is 0. The number of hydrogen-bond acceptors (Lipinski definition) is 2. The fraction of sp³-hybridized carbons (Fsp3) is 0.222. The Balaban J connectivity index is 2.60. The van der Waals surface area contributed by atoms with Gasteiger partial charge in [-0.1, -0.05) is 34.1 Å². The predicted octanol–water partition coefficient (Wildman–Crippen LogP) is 1.75. The fourth-order valence-corrected chi connectivity index (χ4v) is 3.54. The van der Waals surface area contributed by atoms with E-state index in [2.05, 4.69) is 15.9 Å². The average molecular weight is 259 g/mol. The monoisotopic (exact) mass is 258 g/mol. The van der Waals surface area contributed by atoms with Crippen LogP contribution in [-0.4, -0.2) is 20.6 Å². The van der Waals surface area contributed by atoms with Crippen molar-refractivity contribution in [1.82, 2.24) is 0 Å². The normalized spacial score (nSPS) is 27.0.